The van der Waals surface area contributed by atoms with Crippen LogP contribution in [0.25, 0.3) is 6.08 Å². The lowest BCUT2D eigenvalue weighted by atomic mass is 9.62. The molecule has 0 unspecified atom stereocenters. The molecular formula is C37H32N2O4. The Labute approximate surface area is 251 Å². The zero-order valence-corrected chi connectivity index (χ0v) is 24.3. The number of ether oxygens (including phenoxy) is 1. The van der Waals surface area contributed by atoms with Crippen LogP contribution in [0.4, 0.5) is 5.69 Å². The van der Waals surface area contributed by atoms with Crippen molar-refractivity contribution in [1.82, 2.24) is 4.90 Å². The molecule has 43 heavy (non-hydrogen) atoms. The van der Waals surface area contributed by atoms with E-state index in [2.05, 4.69) is 5.32 Å². The van der Waals surface area contributed by atoms with Crippen LogP contribution < -0.4 is 10.1 Å². The number of amides is 1. The van der Waals surface area contributed by atoms with Gasteiger partial charge in [-0.1, -0.05) is 72.3 Å². The molecule has 1 spiro atoms. The molecule has 214 valence electrons. The second kappa shape index (κ2) is 10.1. The zero-order valence-electron chi connectivity index (χ0n) is 24.3. The maximum Gasteiger partial charge on any atom is 0.238 e. The van der Waals surface area contributed by atoms with Gasteiger partial charge in [0.1, 0.15) is 17.2 Å². The molecule has 4 aromatic carbocycles. The van der Waals surface area contributed by atoms with Gasteiger partial charge in [-0.05, 0) is 73.9 Å². The minimum atomic E-state index is -1.35. The van der Waals surface area contributed by atoms with Gasteiger partial charge in [0.2, 0.25) is 5.91 Å². The van der Waals surface area contributed by atoms with Crippen molar-refractivity contribution < 1.29 is 19.1 Å². The zero-order chi connectivity index (χ0) is 29.9. The molecule has 0 radical (unpaired) electrons. The van der Waals surface area contributed by atoms with E-state index in [9.17, 15) is 14.4 Å². The smallest absolute Gasteiger partial charge is 0.238 e. The van der Waals surface area contributed by atoms with Crippen LogP contribution in [0.3, 0.4) is 0 Å². The van der Waals surface area contributed by atoms with E-state index in [4.69, 9.17) is 4.74 Å². The first kappa shape index (κ1) is 26.9. The van der Waals surface area contributed by atoms with Crippen molar-refractivity contribution in [1.29, 1.82) is 0 Å². The lowest BCUT2D eigenvalue weighted by molar-refractivity contribution is -0.122. The number of nitrogens with one attached hydrogen (secondary N) is 1. The number of carbonyl (C=O) groups is 3. The molecule has 0 saturated carbocycles. The molecule has 7 rings (SSSR count). The number of fused-ring (bicyclic) bond motifs is 6. The SMILES string of the molecule is Cc1ccc(C(=O)[C@@H]2[C@H](C(=O)c3ccc(OC(C)C)cc3)N3C=Cc4ccccc4[C@@H]3[C@@]23C(=O)Nc2ccccc23)cc1. The van der Waals surface area contributed by atoms with Gasteiger partial charge in [-0.3, -0.25) is 14.4 Å². The normalized spacial score (nSPS) is 23.1. The Kier molecular flexibility index (Phi) is 6.31. The van der Waals surface area contributed by atoms with Crippen LogP contribution in [-0.4, -0.2) is 34.5 Å². The summed E-state index contributed by atoms with van der Waals surface area (Å²) in [6, 6.07) is 28.4. The summed E-state index contributed by atoms with van der Waals surface area (Å²) in [4.78, 5) is 46.0. The van der Waals surface area contributed by atoms with Gasteiger partial charge in [-0.2, -0.15) is 0 Å². The summed E-state index contributed by atoms with van der Waals surface area (Å²) in [5, 5.41) is 3.09. The summed E-state index contributed by atoms with van der Waals surface area (Å²) < 4.78 is 5.82. The molecule has 1 saturated heterocycles. The van der Waals surface area contributed by atoms with Crippen molar-refractivity contribution in [2.24, 2.45) is 5.92 Å². The number of para-hydroxylation sites is 1. The Morgan fingerprint density at radius 2 is 1.49 bits per heavy atom. The first-order valence-corrected chi connectivity index (χ1v) is 14.7. The summed E-state index contributed by atoms with van der Waals surface area (Å²) in [5.74, 6) is -1.06. The maximum absolute atomic E-state index is 14.8. The number of aryl methyl sites for hydroxylation is 1. The number of anilines is 1. The van der Waals surface area contributed by atoms with Crippen molar-refractivity contribution in [3.05, 3.63) is 137 Å². The average Bonchev–Trinajstić information content (AvgIpc) is 3.49. The van der Waals surface area contributed by atoms with Gasteiger partial charge in [0.15, 0.2) is 11.6 Å². The fourth-order valence-corrected chi connectivity index (χ4v) is 7.21. The molecular weight excluding hydrogens is 536 g/mol. The van der Waals surface area contributed by atoms with Gasteiger partial charge in [-0.25, -0.2) is 0 Å². The molecule has 0 aliphatic carbocycles. The number of Topliss-reactive ketones (excluding diaryl/α,β-unsaturated/α-hetero) is 2. The van der Waals surface area contributed by atoms with Crippen molar-refractivity contribution in [3.63, 3.8) is 0 Å². The highest BCUT2D eigenvalue weighted by atomic mass is 16.5. The van der Waals surface area contributed by atoms with E-state index in [1.807, 2.05) is 98.6 Å². The lowest BCUT2D eigenvalue weighted by Crippen LogP contribution is -2.49. The number of hydrogen-bond donors (Lipinski definition) is 1. The largest absolute Gasteiger partial charge is 0.491 e. The Bertz CT molecular complexity index is 1790. The Balaban J connectivity index is 1.47. The van der Waals surface area contributed by atoms with Gasteiger partial charge >= 0.3 is 0 Å². The van der Waals surface area contributed by atoms with Crippen molar-refractivity contribution in [2.75, 3.05) is 5.32 Å². The second-order valence-electron chi connectivity index (χ2n) is 11.9. The summed E-state index contributed by atoms with van der Waals surface area (Å²) in [7, 11) is 0. The number of hydrogen-bond acceptors (Lipinski definition) is 5. The van der Waals surface area contributed by atoms with Gasteiger partial charge in [-0.15, -0.1) is 0 Å². The maximum atomic E-state index is 14.8. The molecule has 4 atom stereocenters. The molecule has 3 aliphatic rings. The summed E-state index contributed by atoms with van der Waals surface area (Å²) in [5.41, 5.74) is 3.89. The van der Waals surface area contributed by atoms with Crippen LogP contribution in [0, 0.1) is 12.8 Å². The van der Waals surface area contributed by atoms with Crippen LogP contribution in [0.2, 0.25) is 0 Å². The highest BCUT2D eigenvalue weighted by Gasteiger charge is 2.70. The number of nitrogens with zero attached hydrogens (tertiary/aromatic N) is 1. The standard InChI is InChI=1S/C37H32N2O4/c1-22(2)43-27-18-16-26(17-19-27)34(41)32-31(33(40)25-14-12-23(3)13-15-25)37(29-10-6-7-11-30(29)38-36(37)42)35-28-9-5-4-8-24(28)20-21-39(32)35/h4-22,31-32,35H,1-3H3,(H,38,42)/t31-,32+,35+,37-/m0/s1. The highest BCUT2D eigenvalue weighted by Crippen LogP contribution is 2.62. The van der Waals surface area contributed by atoms with Crippen molar-refractivity contribution >= 4 is 29.2 Å². The quantitative estimate of drug-likeness (QED) is 0.260. The van der Waals surface area contributed by atoms with E-state index >= 15 is 0 Å². The summed E-state index contributed by atoms with van der Waals surface area (Å²) >= 11 is 0. The first-order valence-electron chi connectivity index (χ1n) is 14.7. The fourth-order valence-electron chi connectivity index (χ4n) is 7.21. The van der Waals surface area contributed by atoms with Gasteiger partial charge in [0.25, 0.3) is 0 Å². The molecule has 6 nitrogen and oxygen atoms in total. The van der Waals surface area contributed by atoms with Gasteiger partial charge in [0, 0.05) is 23.0 Å². The van der Waals surface area contributed by atoms with E-state index < -0.39 is 23.4 Å². The van der Waals surface area contributed by atoms with E-state index in [-0.39, 0.29) is 23.6 Å². The Hall–Kier alpha value is -4.97. The molecule has 3 aliphatic heterocycles. The number of ketones is 2. The van der Waals surface area contributed by atoms with E-state index in [0.717, 1.165) is 22.3 Å². The highest BCUT2D eigenvalue weighted by molar-refractivity contribution is 6.16. The first-order chi connectivity index (χ1) is 20.8. The molecule has 6 heteroatoms. The third-order valence-electron chi connectivity index (χ3n) is 8.97. The van der Waals surface area contributed by atoms with Crippen LogP contribution in [0.5, 0.6) is 5.75 Å². The predicted molar refractivity (Wildman–Crippen MR) is 166 cm³/mol. The minimum absolute atomic E-state index is 0.00647. The topological polar surface area (TPSA) is 75.7 Å². The summed E-state index contributed by atoms with van der Waals surface area (Å²) in [6.07, 6.45) is 3.86. The molecule has 0 bridgehead atoms. The van der Waals surface area contributed by atoms with Crippen LogP contribution in [-0.2, 0) is 10.2 Å². The molecule has 1 N–H and O–H groups in total. The predicted octanol–water partition coefficient (Wildman–Crippen LogP) is 6.76. The van der Waals surface area contributed by atoms with Gasteiger partial charge < -0.3 is 15.0 Å². The lowest BCUT2D eigenvalue weighted by Gasteiger charge is -2.38. The van der Waals surface area contributed by atoms with E-state index in [1.54, 1.807) is 36.4 Å². The molecule has 1 amide bonds. The van der Waals surface area contributed by atoms with Crippen LogP contribution in [0.1, 0.15) is 62.9 Å². The third kappa shape index (κ3) is 4.04. The average molecular weight is 569 g/mol. The monoisotopic (exact) mass is 568 g/mol. The van der Waals surface area contributed by atoms with E-state index in [0.29, 0.717) is 22.6 Å². The Morgan fingerprint density at radius 1 is 0.837 bits per heavy atom. The van der Waals surface area contributed by atoms with Gasteiger partial charge in [0.05, 0.1) is 18.1 Å². The minimum Gasteiger partial charge on any atom is -0.491 e. The number of carbonyl (C=O) groups excluding carboxylic acids is 3. The van der Waals surface area contributed by atoms with Crippen molar-refractivity contribution in [3.8, 4) is 5.75 Å². The number of benzene rings is 4. The summed E-state index contributed by atoms with van der Waals surface area (Å²) in [6.45, 7) is 5.86. The second-order valence-corrected chi connectivity index (χ2v) is 11.9. The fraction of sp³-hybridized carbons (Fsp3) is 0.216. The molecule has 4 aromatic rings. The number of rotatable bonds is 6. The van der Waals surface area contributed by atoms with Crippen LogP contribution >= 0.6 is 0 Å². The van der Waals surface area contributed by atoms with E-state index in [1.165, 1.54) is 0 Å². The molecule has 3 heterocycles. The molecule has 0 aromatic heterocycles. The third-order valence-corrected chi connectivity index (χ3v) is 8.97. The molecule has 1 fully saturated rings. The van der Waals surface area contributed by atoms with Crippen LogP contribution in [0.15, 0.2) is 103 Å². The van der Waals surface area contributed by atoms with Crippen molar-refractivity contribution in [2.45, 2.75) is 44.4 Å². The Morgan fingerprint density at radius 3 is 2.23 bits per heavy atom.